The molecule has 2 fully saturated rings. The molecule has 2 heterocycles. The highest BCUT2D eigenvalue weighted by Gasteiger charge is 2.28. The quantitative estimate of drug-likeness (QED) is 0.819. The van der Waals surface area contributed by atoms with Gasteiger partial charge in [-0.2, -0.15) is 0 Å². The van der Waals surface area contributed by atoms with Gasteiger partial charge < -0.3 is 10.2 Å². The van der Waals surface area contributed by atoms with Crippen molar-refractivity contribution in [3.8, 4) is 0 Å². The first-order chi connectivity index (χ1) is 9.13. The summed E-state index contributed by atoms with van der Waals surface area (Å²) in [6.45, 7) is 13.8. The molecule has 0 spiro atoms. The number of piperidine rings is 2. The minimum absolute atomic E-state index is 0.634. The molecule has 0 saturated carbocycles. The first-order valence-corrected chi connectivity index (χ1v) is 8.56. The van der Waals surface area contributed by atoms with E-state index >= 15 is 0 Å². The molecule has 0 radical (unpaired) electrons. The van der Waals surface area contributed by atoms with Gasteiger partial charge in [0.25, 0.3) is 0 Å². The molecule has 19 heavy (non-hydrogen) atoms. The first-order valence-electron chi connectivity index (χ1n) is 8.56. The molecule has 0 amide bonds. The summed E-state index contributed by atoms with van der Waals surface area (Å²) in [5.74, 6) is 1.83. The van der Waals surface area contributed by atoms with E-state index in [1.54, 1.807) is 0 Å². The Morgan fingerprint density at radius 1 is 1.32 bits per heavy atom. The van der Waals surface area contributed by atoms with E-state index in [4.69, 9.17) is 0 Å². The Balaban J connectivity index is 1.65. The Labute approximate surface area is 120 Å². The fraction of sp³-hybridized carbons (Fsp3) is 1.00. The van der Waals surface area contributed by atoms with Crippen LogP contribution in [0.15, 0.2) is 0 Å². The smallest absolute Gasteiger partial charge is 0.00135 e. The van der Waals surface area contributed by atoms with Crippen molar-refractivity contribution < 1.29 is 0 Å². The predicted molar refractivity (Wildman–Crippen MR) is 83.4 cm³/mol. The fourth-order valence-electron chi connectivity index (χ4n) is 3.66. The maximum atomic E-state index is 3.56. The Kier molecular flexibility index (Phi) is 5.70. The minimum Gasteiger partial charge on any atom is -0.316 e. The third-order valence-corrected chi connectivity index (χ3v) is 5.96. The van der Waals surface area contributed by atoms with Crippen LogP contribution in [0.1, 0.15) is 59.3 Å². The molecule has 2 aliphatic rings. The van der Waals surface area contributed by atoms with E-state index in [9.17, 15) is 0 Å². The van der Waals surface area contributed by atoms with Gasteiger partial charge >= 0.3 is 0 Å². The van der Waals surface area contributed by atoms with Crippen LogP contribution in [0.25, 0.3) is 0 Å². The van der Waals surface area contributed by atoms with Crippen molar-refractivity contribution in [1.29, 1.82) is 0 Å². The number of rotatable bonds is 5. The van der Waals surface area contributed by atoms with Gasteiger partial charge in [-0.1, -0.05) is 27.2 Å². The van der Waals surface area contributed by atoms with Crippen molar-refractivity contribution in [2.75, 3.05) is 32.7 Å². The van der Waals surface area contributed by atoms with Crippen LogP contribution >= 0.6 is 0 Å². The molecule has 112 valence electrons. The monoisotopic (exact) mass is 266 g/mol. The largest absolute Gasteiger partial charge is 0.316 e. The van der Waals surface area contributed by atoms with Gasteiger partial charge in [0, 0.05) is 0 Å². The summed E-state index contributed by atoms with van der Waals surface area (Å²) in [5, 5.41) is 3.56. The molecule has 2 aliphatic heterocycles. The summed E-state index contributed by atoms with van der Waals surface area (Å²) >= 11 is 0. The zero-order chi connectivity index (χ0) is 13.7. The summed E-state index contributed by atoms with van der Waals surface area (Å²) in [6, 6.07) is 0. The van der Waals surface area contributed by atoms with Crippen LogP contribution in [0.4, 0.5) is 0 Å². The van der Waals surface area contributed by atoms with Crippen LogP contribution in [0.2, 0.25) is 0 Å². The molecule has 2 heteroatoms. The zero-order valence-electron chi connectivity index (χ0n) is 13.4. The molecule has 1 N–H and O–H groups in total. The van der Waals surface area contributed by atoms with Gasteiger partial charge in [0.1, 0.15) is 0 Å². The lowest BCUT2D eigenvalue weighted by atomic mass is 9.78. The number of nitrogens with one attached hydrogen (secondary N) is 1. The van der Waals surface area contributed by atoms with Gasteiger partial charge in [0.2, 0.25) is 0 Å². The van der Waals surface area contributed by atoms with E-state index in [0.717, 1.165) is 11.8 Å². The minimum atomic E-state index is 0.634. The van der Waals surface area contributed by atoms with E-state index < -0.39 is 0 Å². The summed E-state index contributed by atoms with van der Waals surface area (Å²) in [5.41, 5.74) is 0.634. The van der Waals surface area contributed by atoms with E-state index in [1.165, 1.54) is 71.2 Å². The standard InChI is InChI=1S/C17H34N2/c1-4-17(3)8-12-19(13-9-17)11-7-15(2)16-6-5-10-18-14-16/h15-16,18H,4-14H2,1-3H3. The fourth-order valence-corrected chi connectivity index (χ4v) is 3.66. The molecule has 2 rings (SSSR count). The molecule has 0 aromatic carbocycles. The highest BCUT2D eigenvalue weighted by Crippen LogP contribution is 2.34. The lowest BCUT2D eigenvalue weighted by molar-refractivity contribution is 0.105. The molecule has 2 nitrogen and oxygen atoms in total. The van der Waals surface area contributed by atoms with Crippen molar-refractivity contribution in [2.45, 2.75) is 59.3 Å². The van der Waals surface area contributed by atoms with Crippen LogP contribution < -0.4 is 5.32 Å². The van der Waals surface area contributed by atoms with Gasteiger partial charge in [-0.15, -0.1) is 0 Å². The molecule has 0 aromatic heterocycles. The van der Waals surface area contributed by atoms with Gasteiger partial charge in [0.15, 0.2) is 0 Å². The van der Waals surface area contributed by atoms with Crippen LogP contribution in [-0.4, -0.2) is 37.6 Å². The van der Waals surface area contributed by atoms with Crippen molar-refractivity contribution in [3.63, 3.8) is 0 Å². The van der Waals surface area contributed by atoms with Crippen LogP contribution in [0.5, 0.6) is 0 Å². The molecular formula is C17H34N2. The van der Waals surface area contributed by atoms with Crippen LogP contribution in [0, 0.1) is 17.3 Å². The topological polar surface area (TPSA) is 15.3 Å². The maximum absolute atomic E-state index is 3.56. The molecule has 0 aromatic rings. The summed E-state index contributed by atoms with van der Waals surface area (Å²) in [4.78, 5) is 2.71. The van der Waals surface area contributed by atoms with Gasteiger partial charge in [-0.25, -0.2) is 0 Å². The summed E-state index contributed by atoms with van der Waals surface area (Å²) < 4.78 is 0. The third kappa shape index (κ3) is 4.46. The maximum Gasteiger partial charge on any atom is -0.00135 e. The summed E-state index contributed by atoms with van der Waals surface area (Å²) in [7, 11) is 0. The number of likely N-dealkylation sites (tertiary alicyclic amines) is 1. The second-order valence-corrected chi connectivity index (χ2v) is 7.38. The number of nitrogens with zero attached hydrogens (tertiary/aromatic N) is 1. The number of hydrogen-bond acceptors (Lipinski definition) is 2. The van der Waals surface area contributed by atoms with Crippen molar-refractivity contribution in [1.82, 2.24) is 10.2 Å². The molecular weight excluding hydrogens is 232 g/mol. The Morgan fingerprint density at radius 3 is 2.63 bits per heavy atom. The second-order valence-electron chi connectivity index (χ2n) is 7.38. The Morgan fingerprint density at radius 2 is 2.05 bits per heavy atom. The van der Waals surface area contributed by atoms with Gasteiger partial charge in [0.05, 0.1) is 0 Å². The second kappa shape index (κ2) is 7.08. The third-order valence-electron chi connectivity index (χ3n) is 5.96. The average molecular weight is 266 g/mol. The Hall–Kier alpha value is -0.0800. The van der Waals surface area contributed by atoms with E-state index in [1.807, 2.05) is 0 Å². The Bertz CT molecular complexity index is 250. The molecule has 2 atom stereocenters. The van der Waals surface area contributed by atoms with Gasteiger partial charge in [-0.05, 0) is 82.1 Å². The normalized spacial score (nSPS) is 30.2. The molecule has 2 unspecified atom stereocenters. The van der Waals surface area contributed by atoms with Crippen molar-refractivity contribution in [3.05, 3.63) is 0 Å². The van der Waals surface area contributed by atoms with Crippen molar-refractivity contribution in [2.24, 2.45) is 17.3 Å². The predicted octanol–water partition coefficient (Wildman–Crippen LogP) is 3.52. The lowest BCUT2D eigenvalue weighted by Crippen LogP contribution is -2.40. The molecule has 0 bridgehead atoms. The highest BCUT2D eigenvalue weighted by atomic mass is 15.1. The van der Waals surface area contributed by atoms with Crippen LogP contribution in [-0.2, 0) is 0 Å². The SMILES string of the molecule is CCC1(C)CCN(CCC(C)C2CCCNC2)CC1. The van der Waals surface area contributed by atoms with Crippen LogP contribution in [0.3, 0.4) is 0 Å². The van der Waals surface area contributed by atoms with E-state index in [2.05, 4.69) is 31.0 Å². The van der Waals surface area contributed by atoms with E-state index in [-0.39, 0.29) is 0 Å². The van der Waals surface area contributed by atoms with Gasteiger partial charge in [-0.3, -0.25) is 0 Å². The number of hydrogen-bond donors (Lipinski definition) is 1. The zero-order valence-corrected chi connectivity index (χ0v) is 13.4. The molecule has 2 saturated heterocycles. The molecule has 0 aliphatic carbocycles. The first kappa shape index (κ1) is 15.3. The lowest BCUT2D eigenvalue weighted by Gasteiger charge is -2.39. The van der Waals surface area contributed by atoms with E-state index in [0.29, 0.717) is 5.41 Å². The van der Waals surface area contributed by atoms with Crippen molar-refractivity contribution >= 4 is 0 Å². The average Bonchev–Trinajstić information content (AvgIpc) is 2.47. The summed E-state index contributed by atoms with van der Waals surface area (Å²) in [6.07, 6.45) is 8.39. The highest BCUT2D eigenvalue weighted by molar-refractivity contribution is 4.82.